The Morgan fingerprint density at radius 1 is 1.09 bits per heavy atom. The first-order valence-electron chi connectivity index (χ1n) is 6.78. The quantitative estimate of drug-likeness (QED) is 0.780. The summed E-state index contributed by atoms with van der Waals surface area (Å²) in [6.45, 7) is 0.350. The molecule has 3 rings (SSSR count). The molecule has 110 valence electrons. The van der Waals surface area contributed by atoms with Gasteiger partial charge in [-0.2, -0.15) is 0 Å². The SMILES string of the molecule is O=C(NCc1ccccc1)c1cc2cc(F)ccc2c(=O)[nH]1. The van der Waals surface area contributed by atoms with Crippen molar-refractivity contribution >= 4 is 16.7 Å². The summed E-state index contributed by atoms with van der Waals surface area (Å²) in [6.07, 6.45) is 0. The lowest BCUT2D eigenvalue weighted by atomic mass is 10.1. The third-order valence-electron chi connectivity index (χ3n) is 3.35. The summed E-state index contributed by atoms with van der Waals surface area (Å²) < 4.78 is 13.3. The Hall–Kier alpha value is -2.95. The fraction of sp³-hybridized carbons (Fsp3) is 0.0588. The van der Waals surface area contributed by atoms with Crippen molar-refractivity contribution in [3.05, 3.63) is 82.0 Å². The number of amides is 1. The van der Waals surface area contributed by atoms with Gasteiger partial charge in [0.05, 0.1) is 0 Å². The van der Waals surface area contributed by atoms with Crippen molar-refractivity contribution in [1.29, 1.82) is 0 Å². The van der Waals surface area contributed by atoms with Crippen LogP contribution in [0.4, 0.5) is 4.39 Å². The maximum Gasteiger partial charge on any atom is 0.268 e. The highest BCUT2D eigenvalue weighted by molar-refractivity contribution is 5.96. The second-order valence-corrected chi connectivity index (χ2v) is 4.91. The first kappa shape index (κ1) is 14.0. The second kappa shape index (κ2) is 5.81. The van der Waals surface area contributed by atoms with E-state index >= 15 is 0 Å². The number of benzene rings is 2. The first-order valence-corrected chi connectivity index (χ1v) is 6.78. The van der Waals surface area contributed by atoms with Crippen molar-refractivity contribution in [1.82, 2.24) is 10.3 Å². The van der Waals surface area contributed by atoms with Gasteiger partial charge in [-0.3, -0.25) is 9.59 Å². The summed E-state index contributed by atoms with van der Waals surface area (Å²) in [5.41, 5.74) is 0.645. The van der Waals surface area contributed by atoms with E-state index in [1.165, 1.54) is 24.3 Å². The number of nitrogens with one attached hydrogen (secondary N) is 2. The number of hydrogen-bond donors (Lipinski definition) is 2. The molecule has 0 aliphatic heterocycles. The third-order valence-corrected chi connectivity index (χ3v) is 3.35. The first-order chi connectivity index (χ1) is 10.6. The van der Waals surface area contributed by atoms with Crippen LogP contribution in [0.1, 0.15) is 16.1 Å². The number of aromatic nitrogens is 1. The maximum absolute atomic E-state index is 13.3. The van der Waals surface area contributed by atoms with Crippen LogP contribution in [0, 0.1) is 5.82 Å². The molecule has 0 atom stereocenters. The molecule has 2 aromatic carbocycles. The van der Waals surface area contributed by atoms with Gasteiger partial charge >= 0.3 is 0 Å². The molecule has 0 fully saturated rings. The number of halogens is 1. The lowest BCUT2D eigenvalue weighted by molar-refractivity contribution is 0.0946. The average molecular weight is 296 g/mol. The van der Waals surface area contributed by atoms with Crippen LogP contribution in [0.2, 0.25) is 0 Å². The minimum Gasteiger partial charge on any atom is -0.347 e. The number of rotatable bonds is 3. The van der Waals surface area contributed by atoms with E-state index in [9.17, 15) is 14.0 Å². The lowest BCUT2D eigenvalue weighted by Gasteiger charge is -2.06. The van der Waals surface area contributed by atoms with E-state index in [0.717, 1.165) is 5.56 Å². The predicted octanol–water partition coefficient (Wildman–Crippen LogP) is 2.60. The van der Waals surface area contributed by atoms with Crippen LogP contribution in [0.15, 0.2) is 59.4 Å². The summed E-state index contributed by atoms with van der Waals surface area (Å²) in [6, 6.07) is 14.7. The number of carbonyl (C=O) groups is 1. The van der Waals surface area contributed by atoms with Crippen molar-refractivity contribution < 1.29 is 9.18 Å². The van der Waals surface area contributed by atoms with Gasteiger partial charge in [-0.25, -0.2) is 4.39 Å². The zero-order valence-electron chi connectivity index (χ0n) is 11.6. The Morgan fingerprint density at radius 2 is 1.86 bits per heavy atom. The maximum atomic E-state index is 13.3. The van der Waals surface area contributed by atoms with Crippen molar-refractivity contribution in [2.75, 3.05) is 0 Å². The molecule has 5 heteroatoms. The van der Waals surface area contributed by atoms with Crippen molar-refractivity contribution in [3.8, 4) is 0 Å². The normalized spacial score (nSPS) is 10.6. The summed E-state index contributed by atoms with van der Waals surface area (Å²) in [5, 5.41) is 3.46. The van der Waals surface area contributed by atoms with Crippen LogP contribution in [-0.2, 0) is 6.54 Å². The highest BCUT2D eigenvalue weighted by Crippen LogP contribution is 2.12. The molecule has 0 radical (unpaired) electrons. The Morgan fingerprint density at radius 3 is 2.64 bits per heavy atom. The zero-order chi connectivity index (χ0) is 15.5. The highest BCUT2D eigenvalue weighted by Gasteiger charge is 2.10. The van der Waals surface area contributed by atoms with E-state index in [4.69, 9.17) is 0 Å². The zero-order valence-corrected chi connectivity index (χ0v) is 11.6. The van der Waals surface area contributed by atoms with Crippen LogP contribution in [0.5, 0.6) is 0 Å². The van der Waals surface area contributed by atoms with Gasteiger partial charge in [0.25, 0.3) is 11.5 Å². The van der Waals surface area contributed by atoms with Gasteiger partial charge in [0.1, 0.15) is 11.5 Å². The Labute approximate surface area is 125 Å². The molecule has 0 bridgehead atoms. The standard InChI is InChI=1S/C17H13FN2O2/c18-13-6-7-14-12(8-13)9-15(20-16(14)21)17(22)19-10-11-4-2-1-3-5-11/h1-9H,10H2,(H,19,22)(H,20,21). The molecule has 0 saturated heterocycles. The number of carbonyl (C=O) groups excluding carboxylic acids is 1. The molecule has 0 unspecified atom stereocenters. The Bertz CT molecular complexity index is 888. The molecule has 2 N–H and O–H groups in total. The topological polar surface area (TPSA) is 62.0 Å². The van der Waals surface area contributed by atoms with Gasteiger partial charge in [-0.1, -0.05) is 30.3 Å². The second-order valence-electron chi connectivity index (χ2n) is 4.91. The average Bonchev–Trinajstić information content (AvgIpc) is 2.53. The van der Waals surface area contributed by atoms with Crippen molar-refractivity contribution in [2.45, 2.75) is 6.54 Å². The summed E-state index contributed by atoms with van der Waals surface area (Å²) in [5.74, 6) is -0.860. The van der Waals surface area contributed by atoms with Crippen LogP contribution in [0.3, 0.4) is 0 Å². The molecule has 1 amide bonds. The minimum atomic E-state index is -0.450. The van der Waals surface area contributed by atoms with Crippen molar-refractivity contribution in [2.24, 2.45) is 0 Å². The molecule has 1 aromatic heterocycles. The monoisotopic (exact) mass is 296 g/mol. The van der Waals surface area contributed by atoms with Gasteiger partial charge in [0.15, 0.2) is 0 Å². The van der Waals surface area contributed by atoms with Gasteiger partial charge in [-0.15, -0.1) is 0 Å². The number of hydrogen-bond acceptors (Lipinski definition) is 2. The van der Waals surface area contributed by atoms with Crippen LogP contribution in [-0.4, -0.2) is 10.9 Å². The van der Waals surface area contributed by atoms with Crippen molar-refractivity contribution in [3.63, 3.8) is 0 Å². The molecule has 0 aliphatic rings. The van der Waals surface area contributed by atoms with Crippen LogP contribution >= 0.6 is 0 Å². The summed E-state index contributed by atoms with van der Waals surface area (Å²) in [4.78, 5) is 26.6. The van der Waals surface area contributed by atoms with Crippen LogP contribution in [0.25, 0.3) is 10.8 Å². The van der Waals surface area contributed by atoms with E-state index in [-0.39, 0.29) is 5.69 Å². The molecular formula is C17H13FN2O2. The molecule has 0 saturated carbocycles. The largest absolute Gasteiger partial charge is 0.347 e. The van der Waals surface area contributed by atoms with Gasteiger partial charge in [0, 0.05) is 11.9 Å². The van der Waals surface area contributed by atoms with Crippen LogP contribution < -0.4 is 10.9 Å². The van der Waals surface area contributed by atoms with Gasteiger partial charge in [-0.05, 0) is 35.2 Å². The van der Waals surface area contributed by atoms with E-state index in [0.29, 0.717) is 17.3 Å². The molecule has 3 aromatic rings. The van der Waals surface area contributed by atoms with Gasteiger partial charge < -0.3 is 10.3 Å². The van der Waals surface area contributed by atoms with E-state index in [2.05, 4.69) is 10.3 Å². The highest BCUT2D eigenvalue weighted by atomic mass is 19.1. The number of fused-ring (bicyclic) bond motifs is 1. The Kier molecular flexibility index (Phi) is 3.70. The van der Waals surface area contributed by atoms with Gasteiger partial charge in [0.2, 0.25) is 0 Å². The fourth-order valence-electron chi connectivity index (χ4n) is 2.24. The van der Waals surface area contributed by atoms with E-state index in [1.807, 2.05) is 30.3 Å². The minimum absolute atomic E-state index is 0.110. The Balaban J connectivity index is 1.86. The smallest absolute Gasteiger partial charge is 0.268 e. The number of aromatic amines is 1. The van der Waals surface area contributed by atoms with E-state index in [1.54, 1.807) is 0 Å². The number of H-pyrrole nitrogens is 1. The molecule has 22 heavy (non-hydrogen) atoms. The molecule has 0 spiro atoms. The third kappa shape index (κ3) is 2.88. The molecular weight excluding hydrogens is 283 g/mol. The number of pyridine rings is 1. The molecule has 1 heterocycles. The fourth-order valence-corrected chi connectivity index (χ4v) is 2.24. The summed E-state index contributed by atoms with van der Waals surface area (Å²) in [7, 11) is 0. The molecule has 0 aliphatic carbocycles. The summed E-state index contributed by atoms with van der Waals surface area (Å²) >= 11 is 0. The predicted molar refractivity (Wildman–Crippen MR) is 82.1 cm³/mol. The lowest BCUT2D eigenvalue weighted by Crippen LogP contribution is -2.26. The molecule has 4 nitrogen and oxygen atoms in total. The van der Waals surface area contributed by atoms with E-state index < -0.39 is 17.3 Å².